The van der Waals surface area contributed by atoms with Crippen molar-refractivity contribution in [3.05, 3.63) is 56.5 Å². The molecule has 1 fully saturated rings. The van der Waals surface area contributed by atoms with Crippen molar-refractivity contribution in [2.75, 3.05) is 0 Å². The van der Waals surface area contributed by atoms with E-state index in [0.29, 0.717) is 0 Å². The van der Waals surface area contributed by atoms with Gasteiger partial charge in [0.2, 0.25) is 0 Å². The van der Waals surface area contributed by atoms with Gasteiger partial charge in [0, 0.05) is 0 Å². The zero-order valence-corrected chi connectivity index (χ0v) is 16.7. The minimum atomic E-state index is -1.52. The number of amides is 1. The van der Waals surface area contributed by atoms with Crippen LogP contribution in [0, 0.1) is 5.82 Å². The van der Waals surface area contributed by atoms with Gasteiger partial charge in [-0.2, -0.15) is 0 Å². The van der Waals surface area contributed by atoms with Crippen LogP contribution >= 0.6 is 34.8 Å². The molecule has 150 valence electrons. The summed E-state index contributed by atoms with van der Waals surface area (Å²) in [6.45, 7) is 0. The Morgan fingerprint density at radius 2 is 1.93 bits per heavy atom. The van der Waals surface area contributed by atoms with E-state index in [-0.39, 0.29) is 52.1 Å². The molecule has 0 aliphatic heterocycles. The summed E-state index contributed by atoms with van der Waals surface area (Å²) in [6, 6.07) is 4.20. The highest BCUT2D eigenvalue weighted by molar-refractivity contribution is 6.34. The molecule has 5 nitrogen and oxygen atoms in total. The predicted molar refractivity (Wildman–Crippen MR) is 102 cm³/mol. The number of carbonyl (C=O) groups is 1. The Morgan fingerprint density at radius 3 is 2.61 bits per heavy atom. The van der Waals surface area contributed by atoms with Gasteiger partial charge >= 0.3 is 0 Å². The fourth-order valence-electron chi connectivity index (χ4n) is 3.34. The maximum Gasteiger partial charge on any atom is 0.255 e. The van der Waals surface area contributed by atoms with Gasteiger partial charge in [0.1, 0.15) is 12.0 Å². The third-order valence-electron chi connectivity index (χ3n) is 4.85. The van der Waals surface area contributed by atoms with Crippen LogP contribution in [0.3, 0.4) is 0 Å². The number of alkyl halides is 1. The summed E-state index contributed by atoms with van der Waals surface area (Å²) in [4.78, 5) is 12.8. The van der Waals surface area contributed by atoms with E-state index in [1.54, 1.807) is 0 Å². The highest BCUT2D eigenvalue weighted by atomic mass is 35.5. The second kappa shape index (κ2) is 8.45. The zero-order chi connectivity index (χ0) is 20.5. The van der Waals surface area contributed by atoms with E-state index in [1.165, 1.54) is 18.2 Å². The van der Waals surface area contributed by atoms with Gasteiger partial charge in [-0.1, -0.05) is 46.9 Å². The van der Waals surface area contributed by atoms with E-state index in [1.807, 2.05) is 0 Å². The standard InChI is InChI=1S/C18H16Cl3F2N3O2/c19-13-8-11(16(21)26-25-13)17(27)24-15(10-2-1-3-12(23)14(10)20)18(28)6-4-9(22)5-7-18/h1-3,8-9,15,28H,4-7H2,(H,24,27)/t9-,15?,18+. The summed E-state index contributed by atoms with van der Waals surface area (Å²) in [5, 5.41) is 20.5. The minimum Gasteiger partial charge on any atom is -0.387 e. The van der Waals surface area contributed by atoms with Gasteiger partial charge in [0.05, 0.1) is 22.2 Å². The van der Waals surface area contributed by atoms with Gasteiger partial charge in [0.15, 0.2) is 10.3 Å². The Morgan fingerprint density at radius 1 is 1.25 bits per heavy atom. The normalized spacial score (nSPS) is 23.3. The van der Waals surface area contributed by atoms with Gasteiger partial charge < -0.3 is 10.4 Å². The molecule has 0 bridgehead atoms. The van der Waals surface area contributed by atoms with Gasteiger partial charge in [-0.15, -0.1) is 10.2 Å². The van der Waals surface area contributed by atoms with E-state index in [2.05, 4.69) is 15.5 Å². The van der Waals surface area contributed by atoms with Gasteiger partial charge in [0.25, 0.3) is 5.91 Å². The van der Waals surface area contributed by atoms with Crippen LogP contribution in [0.15, 0.2) is 24.3 Å². The Kier molecular flexibility index (Phi) is 6.39. The summed E-state index contributed by atoms with van der Waals surface area (Å²) in [5.74, 6) is -1.41. The first kappa shape index (κ1) is 21.2. The quantitative estimate of drug-likeness (QED) is 0.708. The van der Waals surface area contributed by atoms with Gasteiger partial charge in [-0.25, -0.2) is 8.78 Å². The fourth-order valence-corrected chi connectivity index (χ4v) is 3.90. The topological polar surface area (TPSA) is 75.1 Å². The molecular weight excluding hydrogens is 435 g/mol. The lowest BCUT2D eigenvalue weighted by molar-refractivity contribution is -0.0445. The van der Waals surface area contributed by atoms with Crippen LogP contribution in [-0.4, -0.2) is 33.0 Å². The molecule has 1 aliphatic rings. The monoisotopic (exact) mass is 449 g/mol. The zero-order valence-electron chi connectivity index (χ0n) is 14.4. The first-order valence-electron chi connectivity index (χ1n) is 8.51. The molecular formula is C18H16Cl3F2N3O2. The summed E-state index contributed by atoms with van der Waals surface area (Å²) < 4.78 is 27.7. The lowest BCUT2D eigenvalue weighted by Gasteiger charge is -2.41. The van der Waals surface area contributed by atoms with Crippen LogP contribution in [0.25, 0.3) is 0 Å². The second-order valence-corrected chi connectivity index (χ2v) is 7.82. The Hall–Kier alpha value is -1.54. The molecule has 1 aliphatic carbocycles. The lowest BCUT2D eigenvalue weighted by Crippen LogP contribution is -2.48. The average molecular weight is 451 g/mol. The predicted octanol–water partition coefficient (Wildman–Crippen LogP) is 4.69. The number of nitrogens with one attached hydrogen (secondary N) is 1. The molecule has 1 amide bonds. The summed E-state index contributed by atoms with van der Waals surface area (Å²) in [7, 11) is 0. The van der Waals surface area contributed by atoms with Crippen molar-refractivity contribution in [1.29, 1.82) is 0 Å². The van der Waals surface area contributed by atoms with Crippen molar-refractivity contribution in [1.82, 2.24) is 15.5 Å². The number of aromatic nitrogens is 2. The van der Waals surface area contributed by atoms with Gasteiger partial charge in [-0.3, -0.25) is 4.79 Å². The number of carbonyl (C=O) groups excluding carboxylic acids is 1. The molecule has 10 heteroatoms. The number of aliphatic hydroxyl groups is 1. The van der Waals surface area contributed by atoms with Crippen molar-refractivity contribution in [2.24, 2.45) is 0 Å². The van der Waals surface area contributed by atoms with E-state index in [4.69, 9.17) is 34.8 Å². The molecule has 2 aromatic rings. The first-order valence-corrected chi connectivity index (χ1v) is 9.64. The molecule has 1 saturated carbocycles. The number of nitrogens with zero attached hydrogens (tertiary/aromatic N) is 2. The highest BCUT2D eigenvalue weighted by Crippen LogP contribution is 2.42. The molecule has 0 saturated heterocycles. The molecule has 3 rings (SSSR count). The van der Waals surface area contributed by atoms with Crippen molar-refractivity contribution >= 4 is 40.7 Å². The van der Waals surface area contributed by atoms with Crippen LogP contribution in [0.5, 0.6) is 0 Å². The average Bonchev–Trinajstić information content (AvgIpc) is 2.66. The molecule has 1 aromatic heterocycles. The summed E-state index contributed by atoms with van der Waals surface area (Å²) in [5.41, 5.74) is -1.41. The number of benzene rings is 1. The van der Waals surface area contributed by atoms with Crippen LogP contribution in [0.4, 0.5) is 8.78 Å². The van der Waals surface area contributed by atoms with Crippen LogP contribution < -0.4 is 5.32 Å². The molecule has 28 heavy (non-hydrogen) atoms. The van der Waals surface area contributed by atoms with E-state index in [9.17, 15) is 18.7 Å². The van der Waals surface area contributed by atoms with E-state index in [0.717, 1.165) is 6.07 Å². The molecule has 0 radical (unpaired) electrons. The van der Waals surface area contributed by atoms with E-state index >= 15 is 0 Å². The molecule has 2 N–H and O–H groups in total. The Balaban J connectivity index is 2.00. The third-order valence-corrected chi connectivity index (χ3v) is 5.71. The molecule has 1 atom stereocenters. The van der Waals surface area contributed by atoms with Crippen LogP contribution in [0.1, 0.15) is 47.6 Å². The fraction of sp³-hybridized carbons (Fsp3) is 0.389. The lowest BCUT2D eigenvalue weighted by atomic mass is 9.76. The molecule has 1 heterocycles. The number of hydrogen-bond acceptors (Lipinski definition) is 4. The second-order valence-electron chi connectivity index (χ2n) is 6.70. The summed E-state index contributed by atoms with van der Waals surface area (Å²) >= 11 is 17.8. The van der Waals surface area contributed by atoms with Crippen molar-refractivity contribution in [3.63, 3.8) is 0 Å². The SMILES string of the molecule is O=C(NC(c1cccc(F)c1Cl)[C@]1(O)CC[C@@H](F)CC1)c1cc(Cl)nnc1Cl. The number of hydrogen-bond donors (Lipinski definition) is 2. The maximum absolute atomic E-state index is 14.0. The largest absolute Gasteiger partial charge is 0.387 e. The highest BCUT2D eigenvalue weighted by Gasteiger charge is 2.43. The number of rotatable bonds is 4. The molecule has 0 spiro atoms. The van der Waals surface area contributed by atoms with Gasteiger partial charge in [-0.05, 0) is 43.4 Å². The number of halogens is 5. The Bertz CT molecular complexity index is 892. The van der Waals surface area contributed by atoms with Crippen molar-refractivity contribution in [3.8, 4) is 0 Å². The van der Waals surface area contributed by atoms with Crippen molar-refractivity contribution < 1.29 is 18.7 Å². The molecule has 1 unspecified atom stereocenters. The van der Waals surface area contributed by atoms with Crippen LogP contribution in [-0.2, 0) is 0 Å². The van der Waals surface area contributed by atoms with Crippen LogP contribution in [0.2, 0.25) is 15.3 Å². The third kappa shape index (κ3) is 4.38. The minimum absolute atomic E-state index is 0.0495. The Labute approximate surface area is 175 Å². The smallest absolute Gasteiger partial charge is 0.255 e. The molecule has 1 aromatic carbocycles. The van der Waals surface area contributed by atoms with E-state index < -0.39 is 29.5 Å². The van der Waals surface area contributed by atoms with Crippen molar-refractivity contribution in [2.45, 2.75) is 43.5 Å². The maximum atomic E-state index is 14.0. The first-order chi connectivity index (χ1) is 13.2. The summed E-state index contributed by atoms with van der Waals surface area (Å²) in [6.07, 6.45) is -0.695.